The molecule has 0 aliphatic heterocycles. The van der Waals surface area contributed by atoms with E-state index in [1.807, 2.05) is 0 Å². The minimum absolute atomic E-state index is 0.0134. The number of hydrogen-bond acceptors (Lipinski definition) is 5. The van der Waals surface area contributed by atoms with E-state index in [0.717, 1.165) is 12.1 Å². The lowest BCUT2D eigenvalue weighted by molar-refractivity contribution is -0.119. The zero-order chi connectivity index (χ0) is 22.4. The first-order valence-corrected chi connectivity index (χ1v) is 10.3. The Morgan fingerprint density at radius 3 is 2.23 bits per heavy atom. The third-order valence-corrected chi connectivity index (χ3v) is 5.36. The number of esters is 1. The molecule has 3 aromatic rings. The molecule has 31 heavy (non-hydrogen) atoms. The Bertz CT molecular complexity index is 1200. The Hall–Kier alpha value is -3.79. The fourth-order valence-electron chi connectivity index (χ4n) is 2.48. The zero-order valence-corrected chi connectivity index (χ0v) is 16.7. The molecule has 0 saturated heterocycles. The molecule has 2 N–H and O–H groups in total. The first-order chi connectivity index (χ1) is 14.7. The maximum absolute atomic E-state index is 13.5. The van der Waals surface area contributed by atoms with Gasteiger partial charge in [-0.1, -0.05) is 18.2 Å². The Labute approximate surface area is 176 Å². The third-order valence-electron chi connectivity index (χ3n) is 3.97. The number of para-hydroxylation sites is 1. The molecule has 1 amide bonds. The molecule has 0 bridgehead atoms. The van der Waals surface area contributed by atoms with Crippen molar-refractivity contribution >= 4 is 33.3 Å². The van der Waals surface area contributed by atoms with Gasteiger partial charge in [0.2, 0.25) is 0 Å². The second kappa shape index (κ2) is 9.35. The molecule has 0 heterocycles. The second-order valence-electron chi connectivity index (χ2n) is 6.24. The van der Waals surface area contributed by atoms with Gasteiger partial charge in [-0.05, 0) is 48.5 Å². The van der Waals surface area contributed by atoms with Crippen molar-refractivity contribution in [1.29, 1.82) is 0 Å². The van der Waals surface area contributed by atoms with Crippen molar-refractivity contribution in [2.24, 2.45) is 0 Å². The first-order valence-electron chi connectivity index (χ1n) is 8.84. The van der Waals surface area contributed by atoms with E-state index < -0.39 is 40.1 Å². The molecule has 0 spiro atoms. The van der Waals surface area contributed by atoms with E-state index in [9.17, 15) is 26.8 Å². The lowest BCUT2D eigenvalue weighted by Gasteiger charge is -2.09. The van der Waals surface area contributed by atoms with Crippen LogP contribution in [0.3, 0.4) is 0 Å². The van der Waals surface area contributed by atoms with Gasteiger partial charge in [0, 0.05) is 11.8 Å². The van der Waals surface area contributed by atoms with Gasteiger partial charge in [-0.2, -0.15) is 0 Å². The normalized spacial score (nSPS) is 10.9. The van der Waals surface area contributed by atoms with E-state index in [2.05, 4.69) is 10.0 Å². The van der Waals surface area contributed by atoms with Gasteiger partial charge in [0.05, 0.1) is 16.1 Å². The molecule has 0 aliphatic rings. The van der Waals surface area contributed by atoms with Crippen LogP contribution in [0.1, 0.15) is 10.4 Å². The summed E-state index contributed by atoms with van der Waals surface area (Å²) < 4.78 is 58.4. The summed E-state index contributed by atoms with van der Waals surface area (Å²) in [6, 6.07) is 15.8. The molecule has 7 nitrogen and oxygen atoms in total. The fourth-order valence-corrected chi connectivity index (χ4v) is 3.54. The Morgan fingerprint density at radius 2 is 1.58 bits per heavy atom. The predicted molar refractivity (Wildman–Crippen MR) is 109 cm³/mol. The van der Waals surface area contributed by atoms with Gasteiger partial charge < -0.3 is 10.1 Å². The van der Waals surface area contributed by atoms with E-state index in [0.29, 0.717) is 11.8 Å². The number of benzene rings is 3. The number of carbonyl (C=O) groups is 2. The molecule has 0 unspecified atom stereocenters. The van der Waals surface area contributed by atoms with Crippen LogP contribution in [0.4, 0.5) is 20.2 Å². The highest BCUT2D eigenvalue weighted by Crippen LogP contribution is 2.17. The first kappa shape index (κ1) is 21.9. The summed E-state index contributed by atoms with van der Waals surface area (Å²) >= 11 is 0. The van der Waals surface area contributed by atoms with Gasteiger partial charge in [-0.3, -0.25) is 9.52 Å². The number of sulfonamides is 1. The van der Waals surface area contributed by atoms with Crippen molar-refractivity contribution in [3.05, 3.63) is 90.0 Å². The standard InChI is InChI=1S/C21H16F2N2O5S/c22-15-8-11-19(18(23)12-15)24-20(26)13-30-21(27)14-6-9-17(10-7-14)31(28,29)25-16-4-2-1-3-5-16/h1-12,25H,13H2,(H,24,26). The quantitative estimate of drug-likeness (QED) is 0.541. The molecule has 3 aromatic carbocycles. The molecule has 0 fully saturated rings. The average Bonchev–Trinajstić information content (AvgIpc) is 2.74. The van der Waals surface area contributed by atoms with Crippen LogP contribution in [0.2, 0.25) is 0 Å². The summed E-state index contributed by atoms with van der Waals surface area (Å²) in [5, 5.41) is 2.15. The fraction of sp³-hybridized carbons (Fsp3) is 0.0476. The lowest BCUT2D eigenvalue weighted by atomic mass is 10.2. The number of nitrogens with one attached hydrogen (secondary N) is 2. The van der Waals surface area contributed by atoms with E-state index in [4.69, 9.17) is 4.74 Å². The Morgan fingerprint density at radius 1 is 0.903 bits per heavy atom. The van der Waals surface area contributed by atoms with Crippen LogP contribution >= 0.6 is 0 Å². The second-order valence-corrected chi connectivity index (χ2v) is 7.93. The van der Waals surface area contributed by atoms with E-state index in [1.165, 1.54) is 24.3 Å². The molecule has 10 heteroatoms. The van der Waals surface area contributed by atoms with Crippen LogP contribution in [-0.2, 0) is 19.6 Å². The molecule has 0 radical (unpaired) electrons. The molecular weight excluding hydrogens is 430 g/mol. The summed E-state index contributed by atoms with van der Waals surface area (Å²) in [5.74, 6) is -3.48. The van der Waals surface area contributed by atoms with E-state index >= 15 is 0 Å². The highest BCUT2D eigenvalue weighted by molar-refractivity contribution is 7.92. The van der Waals surface area contributed by atoms with Crippen LogP contribution in [-0.4, -0.2) is 26.9 Å². The summed E-state index contributed by atoms with van der Waals surface area (Å²) in [5.41, 5.74) is 0.136. The molecular formula is C21H16F2N2O5S. The van der Waals surface area contributed by atoms with Crippen molar-refractivity contribution in [3.63, 3.8) is 0 Å². The van der Waals surface area contributed by atoms with Crippen molar-refractivity contribution in [3.8, 4) is 0 Å². The molecule has 0 aliphatic carbocycles. The van der Waals surface area contributed by atoms with Gasteiger partial charge in [0.25, 0.3) is 15.9 Å². The van der Waals surface area contributed by atoms with Crippen LogP contribution < -0.4 is 10.0 Å². The number of hydrogen-bond donors (Lipinski definition) is 2. The zero-order valence-electron chi connectivity index (χ0n) is 15.8. The maximum atomic E-state index is 13.5. The van der Waals surface area contributed by atoms with Crippen molar-refractivity contribution in [2.75, 3.05) is 16.6 Å². The van der Waals surface area contributed by atoms with Gasteiger partial charge >= 0.3 is 5.97 Å². The highest BCUT2D eigenvalue weighted by Gasteiger charge is 2.16. The molecule has 160 valence electrons. The number of amides is 1. The maximum Gasteiger partial charge on any atom is 0.338 e. The van der Waals surface area contributed by atoms with E-state index in [1.54, 1.807) is 30.3 Å². The summed E-state index contributed by atoms with van der Waals surface area (Å²) in [6.07, 6.45) is 0. The highest BCUT2D eigenvalue weighted by atomic mass is 32.2. The van der Waals surface area contributed by atoms with Crippen LogP contribution in [0.25, 0.3) is 0 Å². The Balaban J connectivity index is 1.58. The summed E-state index contributed by atoms with van der Waals surface area (Å²) in [4.78, 5) is 23.8. The third kappa shape index (κ3) is 5.86. The van der Waals surface area contributed by atoms with Crippen LogP contribution in [0.15, 0.2) is 77.7 Å². The van der Waals surface area contributed by atoms with Gasteiger partial charge in [0.1, 0.15) is 11.6 Å². The number of ether oxygens (including phenoxy) is 1. The van der Waals surface area contributed by atoms with Gasteiger partial charge in [-0.25, -0.2) is 22.0 Å². The average molecular weight is 446 g/mol. The largest absolute Gasteiger partial charge is 0.452 e. The lowest BCUT2D eigenvalue weighted by Crippen LogP contribution is -2.21. The molecule has 3 rings (SSSR count). The van der Waals surface area contributed by atoms with Crippen molar-refractivity contribution < 1.29 is 31.5 Å². The van der Waals surface area contributed by atoms with Crippen LogP contribution in [0, 0.1) is 11.6 Å². The summed E-state index contributed by atoms with van der Waals surface area (Å²) in [6.45, 7) is -0.717. The predicted octanol–water partition coefficient (Wildman–Crippen LogP) is 3.56. The monoisotopic (exact) mass is 446 g/mol. The van der Waals surface area contributed by atoms with Crippen molar-refractivity contribution in [1.82, 2.24) is 0 Å². The summed E-state index contributed by atoms with van der Waals surface area (Å²) in [7, 11) is -3.85. The molecule has 0 aromatic heterocycles. The number of halogens is 2. The topological polar surface area (TPSA) is 102 Å². The Kier molecular flexibility index (Phi) is 6.61. The number of carbonyl (C=O) groups excluding carboxylic acids is 2. The minimum atomic E-state index is -3.85. The number of rotatable bonds is 7. The van der Waals surface area contributed by atoms with Crippen molar-refractivity contribution in [2.45, 2.75) is 4.90 Å². The van der Waals surface area contributed by atoms with Gasteiger partial charge in [-0.15, -0.1) is 0 Å². The molecule has 0 saturated carbocycles. The van der Waals surface area contributed by atoms with Crippen LogP contribution in [0.5, 0.6) is 0 Å². The smallest absolute Gasteiger partial charge is 0.338 e. The van der Waals surface area contributed by atoms with Gasteiger partial charge in [0.15, 0.2) is 6.61 Å². The number of anilines is 2. The minimum Gasteiger partial charge on any atom is -0.452 e. The molecule has 0 atom stereocenters. The SMILES string of the molecule is O=C(COC(=O)c1ccc(S(=O)(=O)Nc2ccccc2)cc1)Nc1ccc(F)cc1F. The van der Waals surface area contributed by atoms with E-state index in [-0.39, 0.29) is 16.1 Å².